The number of nitrogens with one attached hydrogen (secondary N) is 1. The van der Waals surface area contributed by atoms with Gasteiger partial charge in [0.1, 0.15) is 11.4 Å². The third kappa shape index (κ3) is 6.04. The Balaban J connectivity index is 1.78. The molecule has 142 valence electrons. The van der Waals surface area contributed by atoms with Crippen LogP contribution in [0.4, 0.5) is 0 Å². The molecular formula is C19H27ClN4O2. The number of amides is 1. The van der Waals surface area contributed by atoms with E-state index in [4.69, 9.17) is 16.3 Å². The average Bonchev–Trinajstić information content (AvgIpc) is 3.10. The van der Waals surface area contributed by atoms with Crippen LogP contribution in [0.2, 0.25) is 5.02 Å². The Morgan fingerprint density at radius 3 is 2.77 bits per heavy atom. The predicted molar refractivity (Wildman–Crippen MR) is 104 cm³/mol. The van der Waals surface area contributed by atoms with Crippen molar-refractivity contribution in [2.24, 2.45) is 0 Å². The maximum atomic E-state index is 12.2. The van der Waals surface area contributed by atoms with Gasteiger partial charge in [-0.3, -0.25) is 4.79 Å². The number of carbonyl (C=O) groups is 1. The maximum Gasteiger partial charge on any atom is 0.271 e. The molecule has 0 aliphatic carbocycles. The van der Waals surface area contributed by atoms with Crippen molar-refractivity contribution in [1.29, 1.82) is 0 Å². The molecule has 2 aromatic rings. The molecule has 2 rings (SSSR count). The van der Waals surface area contributed by atoms with E-state index in [-0.39, 0.29) is 12.6 Å². The third-order valence-corrected chi connectivity index (χ3v) is 4.43. The fourth-order valence-corrected chi connectivity index (χ4v) is 2.83. The van der Waals surface area contributed by atoms with Gasteiger partial charge in [0.05, 0.1) is 0 Å². The minimum absolute atomic E-state index is 0.161. The molecule has 0 radical (unpaired) electrons. The molecule has 1 amide bonds. The second-order valence-corrected chi connectivity index (χ2v) is 6.50. The SMILES string of the molecule is CCN(CC)CCCNC(=O)c1ccn(COc2ccc(Cl)cc2C)n1. The molecule has 0 aliphatic rings. The topological polar surface area (TPSA) is 59.4 Å². The summed E-state index contributed by atoms with van der Waals surface area (Å²) in [6, 6.07) is 7.14. The summed E-state index contributed by atoms with van der Waals surface area (Å²) in [6.07, 6.45) is 2.66. The van der Waals surface area contributed by atoms with Crippen molar-refractivity contribution in [1.82, 2.24) is 20.0 Å². The second kappa shape index (κ2) is 10.2. The van der Waals surface area contributed by atoms with Crippen LogP contribution in [0, 0.1) is 6.92 Å². The first kappa shape index (κ1) is 20.3. The highest BCUT2D eigenvalue weighted by atomic mass is 35.5. The number of hydrogen-bond acceptors (Lipinski definition) is 4. The van der Waals surface area contributed by atoms with E-state index in [9.17, 15) is 4.79 Å². The Morgan fingerprint density at radius 1 is 1.31 bits per heavy atom. The highest BCUT2D eigenvalue weighted by Gasteiger charge is 2.09. The molecule has 0 atom stereocenters. The summed E-state index contributed by atoms with van der Waals surface area (Å²) in [5, 5.41) is 7.84. The molecule has 1 aromatic heterocycles. The van der Waals surface area contributed by atoms with E-state index in [1.54, 1.807) is 23.0 Å². The molecule has 1 aromatic carbocycles. The van der Waals surface area contributed by atoms with Crippen molar-refractivity contribution in [3.8, 4) is 5.75 Å². The summed E-state index contributed by atoms with van der Waals surface area (Å²) in [6.45, 7) is 10.1. The van der Waals surface area contributed by atoms with Gasteiger partial charge in [-0.1, -0.05) is 25.4 Å². The summed E-state index contributed by atoms with van der Waals surface area (Å²) < 4.78 is 7.32. The molecule has 0 unspecified atom stereocenters. The Morgan fingerprint density at radius 2 is 2.08 bits per heavy atom. The first-order valence-corrected chi connectivity index (χ1v) is 9.34. The highest BCUT2D eigenvalue weighted by Crippen LogP contribution is 2.21. The van der Waals surface area contributed by atoms with E-state index < -0.39 is 0 Å². The smallest absolute Gasteiger partial charge is 0.271 e. The lowest BCUT2D eigenvalue weighted by Crippen LogP contribution is -2.30. The van der Waals surface area contributed by atoms with Crippen LogP contribution in [0.25, 0.3) is 0 Å². The van der Waals surface area contributed by atoms with Gasteiger partial charge < -0.3 is 15.0 Å². The summed E-state index contributed by atoms with van der Waals surface area (Å²) in [5.74, 6) is 0.582. The van der Waals surface area contributed by atoms with Gasteiger partial charge in [-0.15, -0.1) is 0 Å². The van der Waals surface area contributed by atoms with E-state index in [2.05, 4.69) is 29.2 Å². The lowest BCUT2D eigenvalue weighted by atomic mass is 10.2. The number of halogens is 1. The monoisotopic (exact) mass is 378 g/mol. The number of aryl methyl sites for hydroxylation is 1. The number of ether oxygens (including phenoxy) is 1. The Hall–Kier alpha value is -2.05. The number of hydrogen-bond donors (Lipinski definition) is 1. The first-order valence-electron chi connectivity index (χ1n) is 8.96. The van der Waals surface area contributed by atoms with Gasteiger partial charge in [0.15, 0.2) is 6.73 Å². The van der Waals surface area contributed by atoms with Crippen LogP contribution in [0.1, 0.15) is 36.3 Å². The lowest BCUT2D eigenvalue weighted by Gasteiger charge is -2.17. The van der Waals surface area contributed by atoms with Gasteiger partial charge in [-0.05, 0) is 62.8 Å². The van der Waals surface area contributed by atoms with Crippen molar-refractivity contribution >= 4 is 17.5 Å². The molecule has 7 heteroatoms. The minimum Gasteiger partial charge on any atom is -0.471 e. The van der Waals surface area contributed by atoms with Crippen molar-refractivity contribution < 1.29 is 9.53 Å². The maximum absolute atomic E-state index is 12.2. The molecule has 26 heavy (non-hydrogen) atoms. The molecule has 6 nitrogen and oxygen atoms in total. The van der Waals surface area contributed by atoms with Crippen molar-refractivity contribution in [3.05, 3.63) is 46.7 Å². The second-order valence-electron chi connectivity index (χ2n) is 6.06. The van der Waals surface area contributed by atoms with Crippen molar-refractivity contribution in [3.63, 3.8) is 0 Å². The number of nitrogens with zero attached hydrogens (tertiary/aromatic N) is 3. The zero-order valence-electron chi connectivity index (χ0n) is 15.7. The fraction of sp³-hybridized carbons (Fsp3) is 0.474. The van der Waals surface area contributed by atoms with Gasteiger partial charge in [-0.25, -0.2) is 4.68 Å². The standard InChI is InChI=1S/C19H27ClN4O2/c1-4-23(5-2)11-6-10-21-19(25)17-9-12-24(22-17)14-26-18-8-7-16(20)13-15(18)3/h7-9,12-13H,4-6,10-11,14H2,1-3H3,(H,21,25). The van der Waals surface area contributed by atoms with Crippen LogP contribution < -0.4 is 10.1 Å². The van der Waals surface area contributed by atoms with Gasteiger partial charge >= 0.3 is 0 Å². The quantitative estimate of drug-likeness (QED) is 0.644. The zero-order chi connectivity index (χ0) is 18.9. The van der Waals surface area contributed by atoms with Crippen LogP contribution in [0.3, 0.4) is 0 Å². The van der Waals surface area contributed by atoms with Gasteiger partial charge in [0.25, 0.3) is 5.91 Å². The number of carbonyl (C=O) groups excluding carboxylic acids is 1. The number of rotatable bonds is 10. The summed E-state index contributed by atoms with van der Waals surface area (Å²) in [7, 11) is 0. The normalized spacial score (nSPS) is 11.0. The molecule has 0 bridgehead atoms. The van der Waals surface area contributed by atoms with Crippen molar-refractivity contribution in [2.75, 3.05) is 26.2 Å². The minimum atomic E-state index is -0.161. The molecule has 0 fully saturated rings. The average molecular weight is 379 g/mol. The van der Waals surface area contributed by atoms with Gasteiger partial charge in [-0.2, -0.15) is 5.10 Å². The van der Waals surface area contributed by atoms with Gasteiger partial charge in [0, 0.05) is 17.8 Å². The first-order chi connectivity index (χ1) is 12.5. The van der Waals surface area contributed by atoms with Crippen LogP contribution in [0.15, 0.2) is 30.5 Å². The van der Waals surface area contributed by atoms with E-state index in [1.165, 1.54) is 0 Å². The molecule has 1 heterocycles. The third-order valence-electron chi connectivity index (χ3n) is 4.19. The van der Waals surface area contributed by atoms with Crippen LogP contribution in [-0.4, -0.2) is 46.8 Å². The van der Waals surface area contributed by atoms with E-state index >= 15 is 0 Å². The van der Waals surface area contributed by atoms with E-state index in [0.29, 0.717) is 17.3 Å². The van der Waals surface area contributed by atoms with E-state index in [1.807, 2.05) is 19.1 Å². The summed E-state index contributed by atoms with van der Waals surface area (Å²) in [5.41, 5.74) is 1.35. The zero-order valence-corrected chi connectivity index (χ0v) is 16.4. The van der Waals surface area contributed by atoms with Crippen LogP contribution >= 0.6 is 11.6 Å². The summed E-state index contributed by atoms with van der Waals surface area (Å²) in [4.78, 5) is 14.5. The molecular weight excluding hydrogens is 352 g/mol. The highest BCUT2D eigenvalue weighted by molar-refractivity contribution is 6.30. The molecule has 0 spiro atoms. The predicted octanol–water partition coefficient (Wildman–Crippen LogP) is 3.34. The number of benzene rings is 1. The Bertz CT molecular complexity index is 713. The van der Waals surface area contributed by atoms with Crippen LogP contribution in [-0.2, 0) is 6.73 Å². The molecule has 0 saturated heterocycles. The summed E-state index contributed by atoms with van der Waals surface area (Å²) >= 11 is 5.94. The lowest BCUT2D eigenvalue weighted by molar-refractivity contribution is 0.0944. The Labute approximate surface area is 160 Å². The molecule has 0 aliphatic heterocycles. The van der Waals surface area contributed by atoms with E-state index in [0.717, 1.165) is 37.4 Å². The molecule has 0 saturated carbocycles. The van der Waals surface area contributed by atoms with Crippen LogP contribution in [0.5, 0.6) is 5.75 Å². The number of aromatic nitrogens is 2. The van der Waals surface area contributed by atoms with Gasteiger partial charge in [0.2, 0.25) is 0 Å². The fourth-order valence-electron chi connectivity index (χ4n) is 2.60. The molecule has 1 N–H and O–H groups in total. The largest absolute Gasteiger partial charge is 0.471 e. The van der Waals surface area contributed by atoms with Crippen molar-refractivity contribution in [2.45, 2.75) is 33.9 Å². The Kier molecular flexibility index (Phi) is 7.94.